The maximum absolute atomic E-state index is 12.6. The van der Waals surface area contributed by atoms with Crippen molar-refractivity contribution in [2.45, 2.75) is 42.6 Å². The summed E-state index contributed by atoms with van der Waals surface area (Å²) in [6, 6.07) is 23.9. The molecule has 7 heteroatoms. The smallest absolute Gasteiger partial charge is 0.319 e. The Kier molecular flexibility index (Phi) is 7.19. The second-order valence-electron chi connectivity index (χ2n) is 8.17. The maximum Gasteiger partial charge on any atom is 0.319 e. The van der Waals surface area contributed by atoms with Crippen LogP contribution in [0.3, 0.4) is 0 Å². The minimum atomic E-state index is -0.231. The minimum Gasteiger partial charge on any atom is -0.352 e. The van der Waals surface area contributed by atoms with Crippen LogP contribution in [-0.2, 0) is 11.3 Å². The van der Waals surface area contributed by atoms with E-state index in [1.807, 2.05) is 62.4 Å². The first-order valence-corrected chi connectivity index (χ1v) is 11.9. The number of carbonyl (C=O) groups is 2. The molecule has 33 heavy (non-hydrogen) atoms. The highest BCUT2D eigenvalue weighted by Gasteiger charge is 2.23. The number of urea groups is 1. The Labute approximate surface area is 198 Å². The van der Waals surface area contributed by atoms with Gasteiger partial charge in [0.2, 0.25) is 5.91 Å². The largest absolute Gasteiger partial charge is 0.352 e. The van der Waals surface area contributed by atoms with Crippen LogP contribution in [0.2, 0.25) is 0 Å². The van der Waals surface area contributed by atoms with Gasteiger partial charge < -0.3 is 20.9 Å². The summed E-state index contributed by atoms with van der Waals surface area (Å²) in [7, 11) is 0. The van der Waals surface area contributed by atoms with Gasteiger partial charge in [-0.2, -0.15) is 0 Å². The highest BCUT2D eigenvalue weighted by Crippen LogP contribution is 2.47. The van der Waals surface area contributed by atoms with Gasteiger partial charge >= 0.3 is 6.03 Å². The van der Waals surface area contributed by atoms with Crippen molar-refractivity contribution >= 4 is 40.8 Å². The second kappa shape index (κ2) is 10.4. The lowest BCUT2D eigenvalue weighted by atomic mass is 10.2. The van der Waals surface area contributed by atoms with E-state index in [1.54, 1.807) is 11.8 Å². The molecule has 0 unspecified atom stereocenters. The van der Waals surface area contributed by atoms with E-state index < -0.39 is 0 Å². The highest BCUT2D eigenvalue weighted by atomic mass is 32.2. The molecular weight excluding hydrogens is 432 g/mol. The number of para-hydroxylation sites is 2. The number of nitrogens with one attached hydrogen (secondary N) is 3. The van der Waals surface area contributed by atoms with E-state index in [9.17, 15) is 9.59 Å². The summed E-state index contributed by atoms with van der Waals surface area (Å²) in [6.45, 7) is 4.87. The predicted molar refractivity (Wildman–Crippen MR) is 134 cm³/mol. The molecule has 3 amide bonds. The zero-order chi connectivity index (χ0) is 23.2. The molecule has 0 radical (unpaired) electrons. The molecule has 3 N–H and O–H groups in total. The molecular formula is C26H28N4O2S. The minimum absolute atomic E-state index is 0.00158. The summed E-state index contributed by atoms with van der Waals surface area (Å²) in [4.78, 5) is 29.0. The summed E-state index contributed by atoms with van der Waals surface area (Å²) >= 11 is 1.76. The highest BCUT2D eigenvalue weighted by molar-refractivity contribution is 7.99. The first-order valence-electron chi connectivity index (χ1n) is 11.1. The van der Waals surface area contributed by atoms with E-state index in [4.69, 9.17) is 0 Å². The van der Waals surface area contributed by atoms with Crippen molar-refractivity contribution in [3.05, 3.63) is 78.4 Å². The molecule has 1 heterocycles. The molecule has 1 aliphatic heterocycles. The molecule has 0 aromatic heterocycles. The number of hydrogen-bond donors (Lipinski definition) is 3. The van der Waals surface area contributed by atoms with Crippen LogP contribution in [-0.4, -0.2) is 24.5 Å². The average molecular weight is 461 g/mol. The lowest BCUT2D eigenvalue weighted by molar-refractivity contribution is -0.121. The number of rotatable bonds is 7. The lowest BCUT2D eigenvalue weighted by Gasteiger charge is -2.32. The molecule has 3 aromatic rings. The predicted octanol–water partition coefficient (Wildman–Crippen LogP) is 5.53. The molecule has 4 rings (SSSR count). The molecule has 0 atom stereocenters. The maximum atomic E-state index is 12.6. The standard InChI is InChI=1S/C26H28N4O2S/c1-18(2)28-26(32)29-20-13-11-19(12-14-20)17-27-25(31)15-16-30-21-7-3-5-9-23(21)33-24-10-6-4-8-22(24)30/h3-14,18H,15-17H2,1-2H3,(H,27,31)(H2,28,29,32). The molecule has 0 spiro atoms. The zero-order valence-corrected chi connectivity index (χ0v) is 19.6. The van der Waals surface area contributed by atoms with E-state index in [0.29, 0.717) is 25.2 Å². The van der Waals surface area contributed by atoms with Crippen molar-refractivity contribution in [3.63, 3.8) is 0 Å². The van der Waals surface area contributed by atoms with Crippen molar-refractivity contribution < 1.29 is 9.59 Å². The molecule has 1 aliphatic rings. The number of carbonyl (C=O) groups excluding carboxylic acids is 2. The topological polar surface area (TPSA) is 73.5 Å². The number of amides is 3. The molecule has 0 aliphatic carbocycles. The number of fused-ring (bicyclic) bond motifs is 2. The summed E-state index contributed by atoms with van der Waals surface area (Å²) in [5.74, 6) is 0.00158. The molecule has 0 saturated heterocycles. The monoisotopic (exact) mass is 460 g/mol. The quantitative estimate of drug-likeness (QED) is 0.434. The molecule has 0 fully saturated rings. The van der Waals surface area contributed by atoms with Crippen LogP contribution in [0.1, 0.15) is 25.8 Å². The van der Waals surface area contributed by atoms with Crippen molar-refractivity contribution in [2.24, 2.45) is 0 Å². The Hall–Kier alpha value is -3.45. The van der Waals surface area contributed by atoms with E-state index in [-0.39, 0.29) is 18.0 Å². The SMILES string of the molecule is CC(C)NC(=O)Nc1ccc(CNC(=O)CCN2c3ccccc3Sc3ccccc32)cc1. The van der Waals surface area contributed by atoms with Crippen LogP contribution in [0.4, 0.5) is 21.9 Å². The van der Waals surface area contributed by atoms with Crippen molar-refractivity contribution in [3.8, 4) is 0 Å². The third kappa shape index (κ3) is 5.87. The summed E-state index contributed by atoms with van der Waals surface area (Å²) in [5.41, 5.74) is 3.96. The first kappa shape index (κ1) is 22.7. The van der Waals surface area contributed by atoms with Gasteiger partial charge in [0.1, 0.15) is 0 Å². The second-order valence-corrected chi connectivity index (χ2v) is 9.25. The van der Waals surface area contributed by atoms with Crippen LogP contribution in [0.25, 0.3) is 0 Å². The molecule has 3 aromatic carbocycles. The fraction of sp³-hybridized carbons (Fsp3) is 0.231. The van der Waals surface area contributed by atoms with E-state index in [2.05, 4.69) is 45.1 Å². The average Bonchev–Trinajstić information content (AvgIpc) is 2.80. The zero-order valence-electron chi connectivity index (χ0n) is 18.8. The van der Waals surface area contributed by atoms with Gasteiger partial charge in [-0.15, -0.1) is 0 Å². The van der Waals surface area contributed by atoms with Gasteiger partial charge in [0.15, 0.2) is 0 Å². The van der Waals surface area contributed by atoms with E-state index in [1.165, 1.54) is 9.79 Å². The molecule has 0 saturated carbocycles. The van der Waals surface area contributed by atoms with Crippen molar-refractivity contribution in [1.82, 2.24) is 10.6 Å². The third-order valence-electron chi connectivity index (χ3n) is 5.22. The van der Waals surface area contributed by atoms with E-state index in [0.717, 1.165) is 16.9 Å². The number of anilines is 3. The van der Waals surface area contributed by atoms with Crippen LogP contribution < -0.4 is 20.9 Å². The van der Waals surface area contributed by atoms with Gasteiger partial charge in [-0.25, -0.2) is 4.79 Å². The van der Waals surface area contributed by atoms with Gasteiger partial charge in [0.25, 0.3) is 0 Å². The fourth-order valence-electron chi connectivity index (χ4n) is 3.66. The lowest BCUT2D eigenvalue weighted by Crippen LogP contribution is -2.34. The number of hydrogen-bond acceptors (Lipinski definition) is 4. The molecule has 6 nitrogen and oxygen atoms in total. The van der Waals surface area contributed by atoms with Crippen LogP contribution in [0.5, 0.6) is 0 Å². The van der Waals surface area contributed by atoms with Gasteiger partial charge in [-0.1, -0.05) is 48.2 Å². The Morgan fingerprint density at radius 2 is 1.48 bits per heavy atom. The Bertz CT molecular complexity index is 1090. The summed E-state index contributed by atoms with van der Waals surface area (Å²) in [6.07, 6.45) is 0.391. The summed E-state index contributed by atoms with van der Waals surface area (Å²) in [5, 5.41) is 8.58. The van der Waals surface area contributed by atoms with Gasteiger partial charge in [0, 0.05) is 41.0 Å². The third-order valence-corrected chi connectivity index (χ3v) is 6.35. The van der Waals surface area contributed by atoms with Crippen LogP contribution in [0, 0.1) is 0 Å². The summed E-state index contributed by atoms with van der Waals surface area (Å²) < 4.78 is 0. The van der Waals surface area contributed by atoms with Gasteiger partial charge in [0.05, 0.1) is 11.4 Å². The van der Waals surface area contributed by atoms with Crippen molar-refractivity contribution in [2.75, 3.05) is 16.8 Å². The Morgan fingerprint density at radius 3 is 2.09 bits per heavy atom. The first-order chi connectivity index (χ1) is 16.0. The molecule has 170 valence electrons. The van der Waals surface area contributed by atoms with E-state index >= 15 is 0 Å². The molecule has 0 bridgehead atoms. The normalized spacial score (nSPS) is 12.0. The van der Waals surface area contributed by atoms with Crippen molar-refractivity contribution in [1.29, 1.82) is 0 Å². The number of benzene rings is 3. The van der Waals surface area contributed by atoms with Crippen LogP contribution >= 0.6 is 11.8 Å². The number of nitrogens with zero attached hydrogens (tertiary/aromatic N) is 1. The van der Waals surface area contributed by atoms with Gasteiger partial charge in [-0.3, -0.25) is 4.79 Å². The Morgan fingerprint density at radius 1 is 0.879 bits per heavy atom. The van der Waals surface area contributed by atoms with Crippen LogP contribution in [0.15, 0.2) is 82.6 Å². The fourth-order valence-corrected chi connectivity index (χ4v) is 4.76. The Balaban J connectivity index is 1.31. The van der Waals surface area contributed by atoms with Gasteiger partial charge in [-0.05, 0) is 55.8 Å².